The number of methoxy groups -OCH3 is 1. The average Bonchev–Trinajstić information content (AvgIpc) is 2.96. The Balaban J connectivity index is 2.18. The summed E-state index contributed by atoms with van der Waals surface area (Å²) in [5.41, 5.74) is 1.32. The minimum absolute atomic E-state index is 0.0862. The average molecular weight is 296 g/mol. The Morgan fingerprint density at radius 2 is 2.15 bits per heavy atom. The van der Waals surface area contributed by atoms with E-state index in [9.17, 15) is 0 Å². The number of ether oxygens (including phenoxy) is 1. The monoisotopic (exact) mass is 296 g/mol. The van der Waals surface area contributed by atoms with E-state index in [1.165, 1.54) is 10.7 Å². The Hall–Kier alpha value is -0.450. The zero-order valence-electron chi connectivity index (χ0n) is 13.2. The lowest BCUT2D eigenvalue weighted by molar-refractivity contribution is 0.0403. The molecule has 20 heavy (non-hydrogen) atoms. The van der Waals surface area contributed by atoms with Gasteiger partial charge in [0.2, 0.25) is 0 Å². The van der Waals surface area contributed by atoms with E-state index in [0.717, 1.165) is 38.6 Å². The maximum absolute atomic E-state index is 5.52. The lowest BCUT2D eigenvalue weighted by atomic mass is 9.80. The van der Waals surface area contributed by atoms with Crippen molar-refractivity contribution < 1.29 is 4.74 Å². The molecule has 0 amide bonds. The molecule has 0 aromatic carbocycles. The van der Waals surface area contributed by atoms with Crippen LogP contribution in [0.5, 0.6) is 0 Å². The van der Waals surface area contributed by atoms with Crippen LogP contribution in [-0.2, 0) is 10.3 Å². The minimum Gasteiger partial charge on any atom is -0.381 e. The summed E-state index contributed by atoms with van der Waals surface area (Å²) in [7, 11) is 1.83. The standard InChI is InChI=1S/C16H28N2OS/c1-5-10-17-16(8-6-13(19-4)7-9-16)15-18-14(11-20-15)12(2)3/h11-13,17H,5-10H2,1-4H3. The van der Waals surface area contributed by atoms with E-state index in [-0.39, 0.29) is 5.54 Å². The fraction of sp³-hybridized carbons (Fsp3) is 0.812. The molecule has 1 fully saturated rings. The first-order valence-electron chi connectivity index (χ1n) is 7.85. The van der Waals surface area contributed by atoms with E-state index in [1.54, 1.807) is 0 Å². The van der Waals surface area contributed by atoms with Gasteiger partial charge in [-0.3, -0.25) is 0 Å². The second kappa shape index (κ2) is 7.01. The van der Waals surface area contributed by atoms with Crippen molar-refractivity contribution in [2.45, 2.75) is 70.4 Å². The maximum atomic E-state index is 5.52. The van der Waals surface area contributed by atoms with Gasteiger partial charge in [0.15, 0.2) is 0 Å². The number of aromatic nitrogens is 1. The van der Waals surface area contributed by atoms with E-state index in [2.05, 4.69) is 31.5 Å². The Morgan fingerprint density at radius 1 is 1.45 bits per heavy atom. The third-order valence-corrected chi connectivity index (χ3v) is 5.42. The SMILES string of the molecule is CCCNC1(c2nc(C(C)C)cs2)CCC(OC)CC1. The van der Waals surface area contributed by atoms with Crippen LogP contribution in [0.25, 0.3) is 0 Å². The topological polar surface area (TPSA) is 34.2 Å². The first kappa shape index (κ1) is 15.9. The van der Waals surface area contributed by atoms with Gasteiger partial charge in [-0.25, -0.2) is 4.98 Å². The summed E-state index contributed by atoms with van der Waals surface area (Å²) in [6, 6.07) is 0. The van der Waals surface area contributed by atoms with Gasteiger partial charge in [0.1, 0.15) is 5.01 Å². The fourth-order valence-electron chi connectivity index (χ4n) is 2.92. The lowest BCUT2D eigenvalue weighted by Crippen LogP contribution is -2.46. The van der Waals surface area contributed by atoms with Gasteiger partial charge in [-0.05, 0) is 44.6 Å². The highest BCUT2D eigenvalue weighted by Crippen LogP contribution is 2.40. The van der Waals surface area contributed by atoms with Gasteiger partial charge >= 0.3 is 0 Å². The van der Waals surface area contributed by atoms with Gasteiger partial charge in [0.05, 0.1) is 17.3 Å². The zero-order chi connectivity index (χ0) is 14.6. The Morgan fingerprint density at radius 3 is 2.65 bits per heavy atom. The summed E-state index contributed by atoms with van der Waals surface area (Å²) in [6.07, 6.45) is 6.12. The van der Waals surface area contributed by atoms with Crippen molar-refractivity contribution in [3.05, 3.63) is 16.1 Å². The van der Waals surface area contributed by atoms with Crippen molar-refractivity contribution in [2.24, 2.45) is 0 Å². The first-order valence-corrected chi connectivity index (χ1v) is 8.73. The highest BCUT2D eigenvalue weighted by Gasteiger charge is 2.38. The molecule has 1 aliphatic rings. The van der Waals surface area contributed by atoms with Crippen LogP contribution in [0.15, 0.2) is 5.38 Å². The molecule has 0 spiro atoms. The van der Waals surface area contributed by atoms with E-state index < -0.39 is 0 Å². The van der Waals surface area contributed by atoms with Crippen LogP contribution in [0.2, 0.25) is 0 Å². The zero-order valence-corrected chi connectivity index (χ0v) is 14.1. The van der Waals surface area contributed by atoms with Gasteiger partial charge in [-0.2, -0.15) is 0 Å². The van der Waals surface area contributed by atoms with Crippen LogP contribution in [0.3, 0.4) is 0 Å². The normalized spacial score (nSPS) is 27.1. The van der Waals surface area contributed by atoms with Crippen LogP contribution in [0, 0.1) is 0 Å². The number of nitrogens with zero attached hydrogens (tertiary/aromatic N) is 1. The smallest absolute Gasteiger partial charge is 0.113 e. The minimum atomic E-state index is 0.0862. The number of nitrogens with one attached hydrogen (secondary N) is 1. The van der Waals surface area contributed by atoms with Crippen LogP contribution in [0.4, 0.5) is 0 Å². The third kappa shape index (κ3) is 3.41. The second-order valence-corrected chi connectivity index (χ2v) is 7.03. The van der Waals surface area contributed by atoms with E-state index >= 15 is 0 Å². The van der Waals surface area contributed by atoms with Crippen molar-refractivity contribution in [3.63, 3.8) is 0 Å². The van der Waals surface area contributed by atoms with Crippen molar-refractivity contribution in [3.8, 4) is 0 Å². The molecule has 1 aromatic rings. The van der Waals surface area contributed by atoms with Gasteiger partial charge in [-0.1, -0.05) is 20.8 Å². The Labute approximate surface area is 127 Å². The molecule has 1 N–H and O–H groups in total. The summed E-state index contributed by atoms with van der Waals surface area (Å²) in [4.78, 5) is 4.92. The maximum Gasteiger partial charge on any atom is 0.113 e. The number of hydrogen-bond donors (Lipinski definition) is 1. The summed E-state index contributed by atoms with van der Waals surface area (Å²) < 4.78 is 5.52. The van der Waals surface area contributed by atoms with E-state index in [0.29, 0.717) is 12.0 Å². The Bertz CT molecular complexity index is 408. The van der Waals surface area contributed by atoms with E-state index in [1.807, 2.05) is 18.4 Å². The fourth-order valence-corrected chi connectivity index (χ4v) is 4.14. The molecule has 114 valence electrons. The molecule has 0 atom stereocenters. The molecule has 0 saturated heterocycles. The quantitative estimate of drug-likeness (QED) is 0.860. The number of rotatable bonds is 6. The molecule has 4 heteroatoms. The van der Waals surface area contributed by atoms with Crippen molar-refractivity contribution in [2.75, 3.05) is 13.7 Å². The molecule has 1 aliphatic carbocycles. The van der Waals surface area contributed by atoms with E-state index in [4.69, 9.17) is 9.72 Å². The third-order valence-electron chi connectivity index (χ3n) is 4.36. The van der Waals surface area contributed by atoms with Gasteiger partial charge in [0, 0.05) is 12.5 Å². The summed E-state index contributed by atoms with van der Waals surface area (Å²) in [5.74, 6) is 0.513. The van der Waals surface area contributed by atoms with Crippen LogP contribution < -0.4 is 5.32 Å². The number of thiazole rings is 1. The van der Waals surface area contributed by atoms with Crippen LogP contribution in [0.1, 0.15) is 69.5 Å². The van der Waals surface area contributed by atoms with Crippen molar-refractivity contribution in [1.82, 2.24) is 10.3 Å². The molecule has 1 heterocycles. The summed E-state index contributed by atoms with van der Waals surface area (Å²) in [5, 5.41) is 7.31. The molecule has 1 aromatic heterocycles. The molecule has 0 bridgehead atoms. The molecule has 0 aliphatic heterocycles. The predicted molar refractivity (Wildman–Crippen MR) is 85.4 cm³/mol. The molecule has 0 unspecified atom stereocenters. The van der Waals surface area contributed by atoms with Gasteiger partial charge in [0.25, 0.3) is 0 Å². The van der Waals surface area contributed by atoms with Crippen LogP contribution in [-0.4, -0.2) is 24.7 Å². The second-order valence-electron chi connectivity index (χ2n) is 6.18. The largest absolute Gasteiger partial charge is 0.381 e. The summed E-state index contributed by atoms with van der Waals surface area (Å²) in [6.45, 7) is 7.72. The molecular weight excluding hydrogens is 268 g/mol. The Kier molecular flexibility index (Phi) is 5.58. The summed E-state index contributed by atoms with van der Waals surface area (Å²) >= 11 is 1.83. The molecule has 3 nitrogen and oxygen atoms in total. The van der Waals surface area contributed by atoms with Crippen LogP contribution >= 0.6 is 11.3 Å². The molecule has 1 saturated carbocycles. The highest BCUT2D eigenvalue weighted by molar-refractivity contribution is 7.09. The molecule has 2 rings (SSSR count). The van der Waals surface area contributed by atoms with Gasteiger partial charge in [-0.15, -0.1) is 11.3 Å². The molecule has 0 radical (unpaired) electrons. The van der Waals surface area contributed by atoms with Crippen molar-refractivity contribution in [1.29, 1.82) is 0 Å². The number of hydrogen-bond acceptors (Lipinski definition) is 4. The predicted octanol–water partition coefficient (Wildman–Crippen LogP) is 4.05. The first-order chi connectivity index (χ1) is 9.61. The van der Waals surface area contributed by atoms with Crippen molar-refractivity contribution >= 4 is 11.3 Å². The lowest BCUT2D eigenvalue weighted by Gasteiger charge is -2.39. The van der Waals surface area contributed by atoms with Gasteiger partial charge < -0.3 is 10.1 Å². The highest BCUT2D eigenvalue weighted by atomic mass is 32.1. The molecular formula is C16H28N2OS.